The molecule has 4 nitrogen and oxygen atoms in total. The van der Waals surface area contributed by atoms with E-state index in [0.717, 1.165) is 19.2 Å². The van der Waals surface area contributed by atoms with Crippen molar-refractivity contribution in [1.82, 2.24) is 9.97 Å². The van der Waals surface area contributed by atoms with Crippen molar-refractivity contribution in [1.29, 1.82) is 5.41 Å². The highest BCUT2D eigenvalue weighted by molar-refractivity contribution is 5.46. The van der Waals surface area contributed by atoms with E-state index in [2.05, 4.69) is 40.0 Å². The van der Waals surface area contributed by atoms with Crippen LogP contribution in [0.15, 0.2) is 42.9 Å². The van der Waals surface area contributed by atoms with Crippen LogP contribution in [-0.4, -0.2) is 16.3 Å². The number of imidazole rings is 1. The minimum atomic E-state index is 0.750. The third-order valence-electron chi connectivity index (χ3n) is 2.08. The van der Waals surface area contributed by atoms with Crippen LogP contribution >= 0.6 is 0 Å². The normalized spacial score (nSPS) is 9.00. The van der Waals surface area contributed by atoms with Crippen molar-refractivity contribution < 1.29 is 0 Å². The Morgan fingerprint density at radius 1 is 1.25 bits per heavy atom. The van der Waals surface area contributed by atoms with Gasteiger partial charge in [0.2, 0.25) is 0 Å². The summed E-state index contributed by atoms with van der Waals surface area (Å²) in [4.78, 5) is 7.08. The van der Waals surface area contributed by atoms with Crippen LogP contribution in [0.3, 0.4) is 0 Å². The molecule has 84 valence electrons. The lowest BCUT2D eigenvalue weighted by Crippen LogP contribution is -1.90. The first kappa shape index (κ1) is 12.0. The minimum Gasteiger partial charge on any atom is -0.390 e. The predicted molar refractivity (Wildman–Crippen MR) is 65.4 cm³/mol. The first-order chi connectivity index (χ1) is 7.86. The van der Waals surface area contributed by atoms with E-state index < -0.39 is 0 Å². The number of hydrogen-bond donors (Lipinski definition) is 3. The summed E-state index contributed by atoms with van der Waals surface area (Å²) < 4.78 is 0. The molecule has 1 heterocycles. The van der Waals surface area contributed by atoms with Crippen LogP contribution in [0.5, 0.6) is 0 Å². The lowest BCUT2D eigenvalue weighted by atomic mass is 10.1. The van der Waals surface area contributed by atoms with Gasteiger partial charge in [-0.1, -0.05) is 30.3 Å². The fraction of sp³-hybridized carbons (Fsp3) is 0.167. The second kappa shape index (κ2) is 7.23. The predicted octanol–water partition coefficient (Wildman–Crippen LogP) is 1.75. The molecule has 0 fully saturated rings. The summed E-state index contributed by atoms with van der Waals surface area (Å²) >= 11 is 0. The molecule has 2 rings (SSSR count). The van der Waals surface area contributed by atoms with Crippen LogP contribution in [-0.2, 0) is 12.8 Å². The van der Waals surface area contributed by atoms with Crippen LogP contribution in [0.4, 0.5) is 0 Å². The topological polar surface area (TPSA) is 78.6 Å². The zero-order valence-corrected chi connectivity index (χ0v) is 9.06. The molecule has 4 heteroatoms. The highest BCUT2D eigenvalue weighted by atomic mass is 14.9. The molecule has 1 aromatic carbocycles. The molecule has 0 radical (unpaired) electrons. The van der Waals surface area contributed by atoms with Crippen molar-refractivity contribution in [3.05, 3.63) is 54.1 Å². The van der Waals surface area contributed by atoms with Crippen LogP contribution in [0, 0.1) is 5.41 Å². The second-order valence-corrected chi connectivity index (χ2v) is 3.23. The number of nitrogens with two attached hydrogens (primary N) is 1. The molecule has 2 aromatic rings. The Balaban J connectivity index is 0.000000386. The lowest BCUT2D eigenvalue weighted by Gasteiger charge is -1.98. The van der Waals surface area contributed by atoms with Crippen LogP contribution in [0.2, 0.25) is 0 Å². The summed E-state index contributed by atoms with van der Waals surface area (Å²) in [6.07, 6.45) is 6.45. The van der Waals surface area contributed by atoms with Gasteiger partial charge in [-0.3, -0.25) is 5.41 Å². The Kier molecular flexibility index (Phi) is 5.41. The molecule has 0 saturated heterocycles. The van der Waals surface area contributed by atoms with Crippen molar-refractivity contribution >= 4 is 6.34 Å². The van der Waals surface area contributed by atoms with E-state index in [0.29, 0.717) is 0 Å². The van der Waals surface area contributed by atoms with Crippen molar-refractivity contribution in [3.63, 3.8) is 0 Å². The van der Waals surface area contributed by atoms with Gasteiger partial charge in [-0.15, -0.1) is 0 Å². The van der Waals surface area contributed by atoms with Crippen molar-refractivity contribution in [2.75, 3.05) is 0 Å². The molecular weight excluding hydrogens is 200 g/mol. The van der Waals surface area contributed by atoms with Gasteiger partial charge in [-0.25, -0.2) is 4.98 Å². The van der Waals surface area contributed by atoms with E-state index in [1.807, 2.05) is 12.3 Å². The maximum atomic E-state index is 5.86. The van der Waals surface area contributed by atoms with Gasteiger partial charge in [0.1, 0.15) is 0 Å². The Hall–Kier alpha value is -2.10. The molecule has 0 unspecified atom stereocenters. The number of nitrogens with one attached hydrogen (secondary N) is 2. The van der Waals surface area contributed by atoms with Gasteiger partial charge in [0.15, 0.2) is 0 Å². The zero-order valence-electron chi connectivity index (χ0n) is 9.06. The van der Waals surface area contributed by atoms with E-state index in [1.54, 1.807) is 6.33 Å². The summed E-state index contributed by atoms with van der Waals surface area (Å²) in [5.74, 6) is 0. The van der Waals surface area contributed by atoms with Gasteiger partial charge < -0.3 is 10.7 Å². The smallest absolute Gasteiger partial charge is 0.0921 e. The SMILES string of the molecule is N=CN.c1ccc(CCc2cnc[nH]2)cc1. The number of aryl methyl sites for hydroxylation is 2. The number of benzene rings is 1. The third-order valence-corrected chi connectivity index (χ3v) is 2.08. The molecule has 0 amide bonds. The molecule has 0 aliphatic carbocycles. The molecule has 0 spiro atoms. The number of hydrogen-bond acceptors (Lipinski definition) is 2. The summed E-state index contributed by atoms with van der Waals surface area (Å²) in [5.41, 5.74) is 6.96. The monoisotopic (exact) mass is 216 g/mol. The zero-order chi connectivity index (χ0) is 11.6. The number of nitrogens with zero attached hydrogens (tertiary/aromatic N) is 1. The average molecular weight is 216 g/mol. The molecule has 16 heavy (non-hydrogen) atoms. The molecule has 0 aliphatic heterocycles. The summed E-state index contributed by atoms with van der Waals surface area (Å²) in [7, 11) is 0. The third kappa shape index (κ3) is 4.41. The van der Waals surface area contributed by atoms with Gasteiger partial charge >= 0.3 is 0 Å². The standard InChI is InChI=1S/C11H12N2.CH4N2/c1-2-4-10(5-3-1)6-7-11-8-12-9-13-11;2-1-3/h1-5,8-9H,6-7H2,(H,12,13);1H,(H3,2,3). The maximum absolute atomic E-state index is 5.86. The Bertz CT molecular complexity index is 381. The molecule has 0 atom stereocenters. The second-order valence-electron chi connectivity index (χ2n) is 3.23. The highest BCUT2D eigenvalue weighted by Crippen LogP contribution is 2.03. The van der Waals surface area contributed by atoms with Crippen LogP contribution < -0.4 is 5.73 Å². The van der Waals surface area contributed by atoms with Crippen LogP contribution in [0.25, 0.3) is 0 Å². The van der Waals surface area contributed by atoms with E-state index in [4.69, 9.17) is 5.41 Å². The molecule has 4 N–H and O–H groups in total. The number of rotatable bonds is 3. The highest BCUT2D eigenvalue weighted by Gasteiger charge is 1.94. The molecule has 1 aromatic heterocycles. The Morgan fingerprint density at radius 2 is 1.94 bits per heavy atom. The van der Waals surface area contributed by atoms with Gasteiger partial charge in [0.05, 0.1) is 12.7 Å². The molecular formula is C12H16N4. The van der Waals surface area contributed by atoms with Gasteiger partial charge in [-0.2, -0.15) is 0 Å². The molecule has 0 aliphatic rings. The molecule has 0 bridgehead atoms. The fourth-order valence-electron chi connectivity index (χ4n) is 1.35. The van der Waals surface area contributed by atoms with E-state index >= 15 is 0 Å². The number of aromatic nitrogens is 2. The van der Waals surface area contributed by atoms with Crippen LogP contribution in [0.1, 0.15) is 11.3 Å². The minimum absolute atomic E-state index is 0.750. The quantitative estimate of drug-likeness (QED) is 0.540. The number of aromatic amines is 1. The van der Waals surface area contributed by atoms with Gasteiger partial charge in [0, 0.05) is 11.9 Å². The maximum Gasteiger partial charge on any atom is 0.0921 e. The van der Waals surface area contributed by atoms with Gasteiger partial charge in [-0.05, 0) is 18.4 Å². The Morgan fingerprint density at radius 3 is 2.50 bits per heavy atom. The summed E-state index contributed by atoms with van der Waals surface area (Å²) in [5, 5.41) is 5.86. The van der Waals surface area contributed by atoms with E-state index in [9.17, 15) is 0 Å². The Labute approximate surface area is 95.0 Å². The largest absolute Gasteiger partial charge is 0.390 e. The first-order valence-electron chi connectivity index (χ1n) is 5.08. The summed E-state index contributed by atoms with van der Waals surface area (Å²) in [6.45, 7) is 0. The summed E-state index contributed by atoms with van der Waals surface area (Å²) in [6, 6.07) is 10.5. The molecule has 0 saturated carbocycles. The fourth-order valence-corrected chi connectivity index (χ4v) is 1.35. The first-order valence-corrected chi connectivity index (χ1v) is 5.08. The van der Waals surface area contributed by atoms with E-state index in [1.165, 1.54) is 11.3 Å². The lowest BCUT2D eigenvalue weighted by molar-refractivity contribution is 0.925. The van der Waals surface area contributed by atoms with Crippen molar-refractivity contribution in [3.8, 4) is 0 Å². The van der Waals surface area contributed by atoms with Crippen molar-refractivity contribution in [2.24, 2.45) is 5.73 Å². The number of H-pyrrole nitrogens is 1. The van der Waals surface area contributed by atoms with Crippen molar-refractivity contribution in [2.45, 2.75) is 12.8 Å². The average Bonchev–Trinajstić information content (AvgIpc) is 2.82. The van der Waals surface area contributed by atoms with Gasteiger partial charge in [0.25, 0.3) is 0 Å². The van der Waals surface area contributed by atoms with E-state index in [-0.39, 0.29) is 0 Å².